The first-order chi connectivity index (χ1) is 9.81. The fourth-order valence-corrected chi connectivity index (χ4v) is 1.96. The second-order valence-electron chi connectivity index (χ2n) is 4.21. The molecule has 0 unspecified atom stereocenters. The quantitative estimate of drug-likeness (QED) is 0.751. The van der Waals surface area contributed by atoms with Crippen LogP contribution in [-0.4, -0.2) is 15.4 Å². The lowest BCUT2D eigenvalue weighted by Gasteiger charge is -1.91. The van der Waals surface area contributed by atoms with E-state index in [0.29, 0.717) is 10.8 Å². The summed E-state index contributed by atoms with van der Waals surface area (Å²) in [6, 6.07) is 17.4. The molecule has 1 heterocycles. The van der Waals surface area contributed by atoms with E-state index in [4.69, 9.17) is 11.6 Å². The molecule has 20 heavy (non-hydrogen) atoms. The van der Waals surface area contributed by atoms with Gasteiger partial charge in [0.2, 0.25) is 0 Å². The lowest BCUT2D eigenvalue weighted by molar-refractivity contribution is -0.717. The minimum absolute atomic E-state index is 0.605. The molecule has 3 rings (SSSR count). The van der Waals surface area contributed by atoms with Crippen LogP contribution in [0.5, 0.6) is 0 Å². The van der Waals surface area contributed by atoms with Gasteiger partial charge in [-0.15, -0.1) is 0 Å². The van der Waals surface area contributed by atoms with E-state index in [9.17, 15) is 0 Å². The average Bonchev–Trinajstić information content (AvgIpc) is 2.95. The Morgan fingerprint density at radius 1 is 1.00 bits per heavy atom. The highest BCUT2D eigenvalue weighted by Gasteiger charge is 2.10. The van der Waals surface area contributed by atoms with Crippen LogP contribution in [0, 0.1) is 0 Å². The second kappa shape index (κ2) is 5.67. The van der Waals surface area contributed by atoms with Crippen LogP contribution in [0.25, 0.3) is 17.8 Å². The molecule has 0 fully saturated rings. The maximum absolute atomic E-state index is 5.95. The first-order valence-electron chi connectivity index (χ1n) is 6.15. The number of nitrogens with zero attached hydrogens (tertiary/aromatic N) is 3. The zero-order valence-corrected chi connectivity index (χ0v) is 11.3. The van der Waals surface area contributed by atoms with Crippen LogP contribution in [0.3, 0.4) is 0 Å². The van der Waals surface area contributed by atoms with Gasteiger partial charge in [-0.1, -0.05) is 48.0 Å². The van der Waals surface area contributed by atoms with Gasteiger partial charge in [-0.3, -0.25) is 0 Å². The van der Waals surface area contributed by atoms with Crippen LogP contribution in [0.4, 0.5) is 0 Å². The normalized spacial score (nSPS) is 11.1. The Morgan fingerprint density at radius 2 is 1.85 bits per heavy atom. The Labute approximate surface area is 121 Å². The fourth-order valence-electron chi connectivity index (χ4n) is 1.77. The molecule has 5 heteroatoms. The van der Waals surface area contributed by atoms with Gasteiger partial charge < -0.3 is 0 Å². The zero-order chi connectivity index (χ0) is 13.8. The number of aromatic amines is 1. The Bertz CT molecular complexity index is 734. The summed E-state index contributed by atoms with van der Waals surface area (Å²) in [5.74, 6) is 0.605. The van der Waals surface area contributed by atoms with Gasteiger partial charge in [-0.05, 0) is 38.9 Å². The molecule has 0 saturated heterocycles. The van der Waals surface area contributed by atoms with Crippen molar-refractivity contribution in [2.45, 2.75) is 0 Å². The number of benzene rings is 2. The summed E-state index contributed by atoms with van der Waals surface area (Å²) in [5.41, 5.74) is 1.94. The maximum Gasteiger partial charge on any atom is 0.332 e. The Kier molecular flexibility index (Phi) is 3.56. The van der Waals surface area contributed by atoms with Gasteiger partial charge >= 0.3 is 5.82 Å². The second-order valence-corrected chi connectivity index (χ2v) is 4.64. The molecule has 0 aliphatic carbocycles. The lowest BCUT2D eigenvalue weighted by Crippen LogP contribution is -2.36. The minimum Gasteiger partial charge on any atom is -0.0842 e. The van der Waals surface area contributed by atoms with E-state index in [1.807, 2.05) is 66.7 Å². The molecular formula is C15H12ClN4+. The number of hydrogen-bond acceptors (Lipinski definition) is 2. The number of hydrogen-bond donors (Lipinski definition) is 1. The minimum atomic E-state index is 0.605. The maximum atomic E-state index is 5.95. The number of tetrazole rings is 1. The molecule has 98 valence electrons. The number of H-pyrrole nitrogens is 1. The zero-order valence-electron chi connectivity index (χ0n) is 10.6. The van der Waals surface area contributed by atoms with Gasteiger partial charge in [-0.25, -0.2) is 0 Å². The standard InChI is InChI=1S/C15H11ClN4/c16-13-7-4-8-14(11-13)20-18-15(17-19-20)10-9-12-5-2-1-3-6-12/h1-11H/p+1/b10-9+. The number of halogens is 1. The highest BCUT2D eigenvalue weighted by Crippen LogP contribution is 2.09. The third kappa shape index (κ3) is 2.92. The summed E-state index contributed by atoms with van der Waals surface area (Å²) in [4.78, 5) is 1.58. The van der Waals surface area contributed by atoms with Crippen LogP contribution in [0.1, 0.15) is 11.4 Å². The van der Waals surface area contributed by atoms with E-state index in [-0.39, 0.29) is 0 Å². The summed E-state index contributed by atoms with van der Waals surface area (Å²) >= 11 is 5.95. The smallest absolute Gasteiger partial charge is 0.0842 e. The van der Waals surface area contributed by atoms with E-state index in [2.05, 4.69) is 15.4 Å². The lowest BCUT2D eigenvalue weighted by atomic mass is 10.2. The highest BCUT2D eigenvalue weighted by molar-refractivity contribution is 6.30. The van der Waals surface area contributed by atoms with Crippen molar-refractivity contribution in [1.82, 2.24) is 15.4 Å². The van der Waals surface area contributed by atoms with Crippen molar-refractivity contribution in [3.8, 4) is 5.69 Å². The van der Waals surface area contributed by atoms with Crippen molar-refractivity contribution in [2.75, 3.05) is 0 Å². The Hall–Kier alpha value is -2.46. The molecule has 0 aliphatic rings. The van der Waals surface area contributed by atoms with E-state index >= 15 is 0 Å². The SMILES string of the molecule is Clc1cccc(-[n+]2nc(/C=C/c3ccccc3)n[nH]2)c1. The summed E-state index contributed by atoms with van der Waals surface area (Å²) in [5, 5.41) is 12.0. The third-order valence-corrected chi connectivity index (χ3v) is 2.97. The van der Waals surface area contributed by atoms with E-state index in [0.717, 1.165) is 11.3 Å². The number of aromatic nitrogens is 4. The van der Waals surface area contributed by atoms with E-state index < -0.39 is 0 Å². The summed E-state index contributed by atoms with van der Waals surface area (Å²) in [7, 11) is 0. The van der Waals surface area contributed by atoms with E-state index in [1.54, 1.807) is 4.80 Å². The summed E-state index contributed by atoms with van der Waals surface area (Å²) < 4.78 is 0. The molecule has 1 N–H and O–H groups in total. The molecule has 0 bridgehead atoms. The molecule has 4 nitrogen and oxygen atoms in total. The molecule has 0 spiro atoms. The van der Waals surface area contributed by atoms with Gasteiger partial charge in [0, 0.05) is 17.2 Å². The molecule has 0 saturated carbocycles. The van der Waals surface area contributed by atoms with Crippen molar-refractivity contribution in [2.24, 2.45) is 0 Å². The van der Waals surface area contributed by atoms with Crippen LogP contribution in [-0.2, 0) is 0 Å². The third-order valence-electron chi connectivity index (χ3n) is 2.74. The molecular weight excluding hydrogens is 272 g/mol. The summed E-state index contributed by atoms with van der Waals surface area (Å²) in [6.45, 7) is 0. The molecule has 3 aromatic rings. The molecule has 0 amide bonds. The molecule has 0 aliphatic heterocycles. The van der Waals surface area contributed by atoms with Gasteiger partial charge in [0.05, 0.1) is 5.10 Å². The van der Waals surface area contributed by atoms with Crippen LogP contribution < -0.4 is 4.80 Å². The Morgan fingerprint density at radius 3 is 2.65 bits per heavy atom. The van der Waals surface area contributed by atoms with Crippen molar-refractivity contribution in [3.63, 3.8) is 0 Å². The predicted molar refractivity (Wildman–Crippen MR) is 78.3 cm³/mol. The summed E-state index contributed by atoms with van der Waals surface area (Å²) in [6.07, 6.45) is 3.82. The topological polar surface area (TPSA) is 45.5 Å². The monoisotopic (exact) mass is 283 g/mol. The molecule has 1 aromatic heterocycles. The van der Waals surface area contributed by atoms with Crippen molar-refractivity contribution in [3.05, 3.63) is 71.0 Å². The number of nitrogens with one attached hydrogen (secondary N) is 1. The predicted octanol–water partition coefficient (Wildman–Crippen LogP) is 2.91. The Balaban J connectivity index is 1.82. The van der Waals surface area contributed by atoms with Crippen molar-refractivity contribution in [1.29, 1.82) is 0 Å². The van der Waals surface area contributed by atoms with Crippen LogP contribution in [0.2, 0.25) is 5.02 Å². The largest absolute Gasteiger partial charge is 0.332 e. The van der Waals surface area contributed by atoms with Gasteiger partial charge in [0.1, 0.15) is 0 Å². The van der Waals surface area contributed by atoms with Gasteiger partial charge in [0.25, 0.3) is 0 Å². The van der Waals surface area contributed by atoms with E-state index in [1.165, 1.54) is 0 Å². The molecule has 0 atom stereocenters. The first-order valence-corrected chi connectivity index (χ1v) is 6.53. The van der Waals surface area contributed by atoms with Crippen LogP contribution in [0.15, 0.2) is 54.6 Å². The van der Waals surface area contributed by atoms with Crippen LogP contribution >= 0.6 is 11.6 Å². The van der Waals surface area contributed by atoms with Crippen molar-refractivity contribution >= 4 is 23.8 Å². The first kappa shape index (κ1) is 12.6. The fraction of sp³-hybridized carbons (Fsp3) is 0. The van der Waals surface area contributed by atoms with Crippen molar-refractivity contribution < 1.29 is 4.80 Å². The highest BCUT2D eigenvalue weighted by atomic mass is 35.5. The number of rotatable bonds is 3. The molecule has 0 radical (unpaired) electrons. The van der Waals surface area contributed by atoms with Gasteiger partial charge in [-0.2, -0.15) is 0 Å². The average molecular weight is 284 g/mol. The molecule has 2 aromatic carbocycles. The van der Waals surface area contributed by atoms with Gasteiger partial charge in [0.15, 0.2) is 5.69 Å².